The molecule has 1 heterocycles. The Labute approximate surface area is 144 Å². The third kappa shape index (κ3) is 5.20. The molecule has 0 aliphatic carbocycles. The second-order valence-electron chi connectivity index (χ2n) is 6.60. The van der Waals surface area contributed by atoms with Crippen LogP contribution in [-0.4, -0.2) is 53.6 Å². The molecule has 1 aromatic rings. The van der Waals surface area contributed by atoms with E-state index in [4.69, 9.17) is 11.6 Å². The maximum Gasteiger partial charge on any atom is 0.222 e. The van der Waals surface area contributed by atoms with Crippen molar-refractivity contribution < 1.29 is 9.90 Å². The van der Waals surface area contributed by atoms with E-state index in [1.54, 1.807) is 0 Å². The van der Waals surface area contributed by atoms with Crippen molar-refractivity contribution in [1.29, 1.82) is 0 Å². The summed E-state index contributed by atoms with van der Waals surface area (Å²) in [5.74, 6) is 0.809. The van der Waals surface area contributed by atoms with Crippen molar-refractivity contribution in [2.75, 3.05) is 32.8 Å². The van der Waals surface area contributed by atoms with Gasteiger partial charge in [0, 0.05) is 37.6 Å². The summed E-state index contributed by atoms with van der Waals surface area (Å²) >= 11 is 6.06. The molecule has 1 aliphatic heterocycles. The average molecular weight is 339 g/mol. The average Bonchev–Trinajstić information content (AvgIpc) is 2.54. The van der Waals surface area contributed by atoms with E-state index >= 15 is 0 Å². The number of halogens is 1. The van der Waals surface area contributed by atoms with Gasteiger partial charge in [-0.05, 0) is 30.0 Å². The Morgan fingerprint density at radius 2 is 1.96 bits per heavy atom. The molecular formula is C18H27ClN2O2. The molecule has 128 valence electrons. The van der Waals surface area contributed by atoms with Crippen LogP contribution in [0.15, 0.2) is 24.3 Å². The summed E-state index contributed by atoms with van der Waals surface area (Å²) in [5.41, 5.74) is 1.03. The highest BCUT2D eigenvalue weighted by Crippen LogP contribution is 2.24. The lowest BCUT2D eigenvalue weighted by molar-refractivity contribution is -0.133. The number of carbonyl (C=O) groups is 1. The van der Waals surface area contributed by atoms with Crippen LogP contribution in [0.1, 0.15) is 38.3 Å². The van der Waals surface area contributed by atoms with Crippen molar-refractivity contribution >= 4 is 17.5 Å². The highest BCUT2D eigenvalue weighted by Gasteiger charge is 2.26. The van der Waals surface area contributed by atoms with Gasteiger partial charge < -0.3 is 10.0 Å². The molecule has 2 rings (SSSR count). The standard InChI is InChI=1S/C18H27ClN2O2/c1-14(2)6-7-18(23)21-10-8-20(9-11-21)17(13-22)15-4-3-5-16(19)12-15/h3-5,12,14,17,22H,6-11,13H2,1-2H3. The Balaban J connectivity index is 1.91. The number of hydrogen-bond donors (Lipinski definition) is 1. The fourth-order valence-electron chi connectivity index (χ4n) is 3.00. The SMILES string of the molecule is CC(C)CCC(=O)N1CCN(C(CO)c2cccc(Cl)c2)CC1. The van der Waals surface area contributed by atoms with E-state index in [-0.39, 0.29) is 18.6 Å². The molecule has 0 spiro atoms. The summed E-state index contributed by atoms with van der Waals surface area (Å²) in [6, 6.07) is 7.59. The molecular weight excluding hydrogens is 312 g/mol. The molecule has 0 saturated carbocycles. The van der Waals surface area contributed by atoms with Gasteiger partial charge in [-0.1, -0.05) is 37.6 Å². The first-order valence-corrected chi connectivity index (χ1v) is 8.77. The summed E-state index contributed by atoms with van der Waals surface area (Å²) in [4.78, 5) is 16.4. The number of nitrogens with zero attached hydrogens (tertiary/aromatic N) is 2. The van der Waals surface area contributed by atoms with Gasteiger partial charge in [-0.25, -0.2) is 0 Å². The third-order valence-electron chi connectivity index (χ3n) is 4.45. The maximum atomic E-state index is 12.2. The molecule has 1 saturated heterocycles. The van der Waals surface area contributed by atoms with Crippen molar-refractivity contribution in [3.63, 3.8) is 0 Å². The van der Waals surface area contributed by atoms with E-state index in [9.17, 15) is 9.90 Å². The van der Waals surface area contributed by atoms with Crippen molar-refractivity contribution in [2.24, 2.45) is 5.92 Å². The molecule has 1 unspecified atom stereocenters. The fourth-order valence-corrected chi connectivity index (χ4v) is 3.20. The molecule has 5 heteroatoms. The smallest absolute Gasteiger partial charge is 0.222 e. The van der Waals surface area contributed by atoms with Gasteiger partial charge in [-0.3, -0.25) is 9.69 Å². The molecule has 1 aromatic carbocycles. The Morgan fingerprint density at radius 3 is 2.52 bits per heavy atom. The number of piperazine rings is 1. The van der Waals surface area contributed by atoms with E-state index in [0.29, 0.717) is 17.4 Å². The van der Waals surface area contributed by atoms with Crippen LogP contribution < -0.4 is 0 Å². The Kier molecular flexibility index (Phi) is 6.88. The lowest BCUT2D eigenvalue weighted by Crippen LogP contribution is -2.50. The minimum Gasteiger partial charge on any atom is -0.394 e. The highest BCUT2D eigenvalue weighted by atomic mass is 35.5. The van der Waals surface area contributed by atoms with Crippen LogP contribution in [-0.2, 0) is 4.79 Å². The van der Waals surface area contributed by atoms with Gasteiger partial charge in [0.1, 0.15) is 0 Å². The largest absolute Gasteiger partial charge is 0.394 e. The van der Waals surface area contributed by atoms with Gasteiger partial charge in [0.25, 0.3) is 0 Å². The predicted molar refractivity (Wildman–Crippen MR) is 93.5 cm³/mol. The normalized spacial score (nSPS) is 17.5. The second-order valence-corrected chi connectivity index (χ2v) is 7.04. The zero-order chi connectivity index (χ0) is 16.8. The zero-order valence-electron chi connectivity index (χ0n) is 14.0. The highest BCUT2D eigenvalue weighted by molar-refractivity contribution is 6.30. The van der Waals surface area contributed by atoms with E-state index in [2.05, 4.69) is 18.7 Å². The first kappa shape index (κ1) is 18.2. The Bertz CT molecular complexity index is 513. The number of rotatable bonds is 6. The van der Waals surface area contributed by atoms with Crippen LogP contribution in [0.25, 0.3) is 0 Å². The molecule has 0 bridgehead atoms. The molecule has 0 radical (unpaired) electrons. The summed E-state index contributed by atoms with van der Waals surface area (Å²) in [5, 5.41) is 10.5. The zero-order valence-corrected chi connectivity index (χ0v) is 14.8. The van der Waals surface area contributed by atoms with Gasteiger partial charge in [0.05, 0.1) is 12.6 Å². The molecule has 1 atom stereocenters. The molecule has 1 fully saturated rings. The number of amides is 1. The monoisotopic (exact) mass is 338 g/mol. The predicted octanol–water partition coefficient (Wildman–Crippen LogP) is 2.95. The third-order valence-corrected chi connectivity index (χ3v) is 4.68. The summed E-state index contributed by atoms with van der Waals surface area (Å²) in [6.45, 7) is 7.37. The van der Waals surface area contributed by atoms with Gasteiger partial charge in [0.15, 0.2) is 0 Å². The summed E-state index contributed by atoms with van der Waals surface area (Å²) in [6.07, 6.45) is 1.58. The van der Waals surface area contributed by atoms with Crippen LogP contribution >= 0.6 is 11.6 Å². The van der Waals surface area contributed by atoms with Crippen LogP contribution in [0.3, 0.4) is 0 Å². The maximum absolute atomic E-state index is 12.2. The molecule has 1 N–H and O–H groups in total. The molecule has 1 aliphatic rings. The lowest BCUT2D eigenvalue weighted by atomic mass is 10.0. The molecule has 23 heavy (non-hydrogen) atoms. The van der Waals surface area contributed by atoms with Crippen molar-refractivity contribution in [3.05, 3.63) is 34.9 Å². The van der Waals surface area contributed by atoms with E-state index in [1.165, 1.54) is 0 Å². The second kappa shape index (κ2) is 8.67. The van der Waals surface area contributed by atoms with Gasteiger partial charge in [0.2, 0.25) is 5.91 Å². The fraction of sp³-hybridized carbons (Fsp3) is 0.611. The number of carbonyl (C=O) groups excluding carboxylic acids is 1. The van der Waals surface area contributed by atoms with E-state index < -0.39 is 0 Å². The van der Waals surface area contributed by atoms with E-state index in [1.807, 2.05) is 29.2 Å². The van der Waals surface area contributed by atoms with Crippen LogP contribution in [0.5, 0.6) is 0 Å². The number of aliphatic hydroxyl groups is 1. The van der Waals surface area contributed by atoms with Crippen molar-refractivity contribution in [2.45, 2.75) is 32.7 Å². The first-order chi connectivity index (χ1) is 11.0. The van der Waals surface area contributed by atoms with Crippen LogP contribution in [0.2, 0.25) is 5.02 Å². The minimum absolute atomic E-state index is 0.0541. The quantitative estimate of drug-likeness (QED) is 0.867. The van der Waals surface area contributed by atoms with Gasteiger partial charge >= 0.3 is 0 Å². The van der Waals surface area contributed by atoms with Gasteiger partial charge in [-0.15, -0.1) is 0 Å². The van der Waals surface area contributed by atoms with Crippen LogP contribution in [0, 0.1) is 5.92 Å². The number of hydrogen-bond acceptors (Lipinski definition) is 3. The topological polar surface area (TPSA) is 43.8 Å². The molecule has 1 amide bonds. The Morgan fingerprint density at radius 1 is 1.26 bits per heavy atom. The van der Waals surface area contributed by atoms with E-state index in [0.717, 1.165) is 38.2 Å². The summed E-state index contributed by atoms with van der Waals surface area (Å²) < 4.78 is 0. The number of aliphatic hydroxyl groups excluding tert-OH is 1. The molecule has 0 aromatic heterocycles. The van der Waals surface area contributed by atoms with Crippen LogP contribution in [0.4, 0.5) is 0 Å². The number of benzene rings is 1. The summed E-state index contributed by atoms with van der Waals surface area (Å²) in [7, 11) is 0. The first-order valence-electron chi connectivity index (χ1n) is 8.39. The van der Waals surface area contributed by atoms with Crippen molar-refractivity contribution in [1.82, 2.24) is 9.80 Å². The molecule has 4 nitrogen and oxygen atoms in total. The van der Waals surface area contributed by atoms with Gasteiger partial charge in [-0.2, -0.15) is 0 Å². The minimum atomic E-state index is -0.0541. The Hall–Kier alpha value is -1.10. The van der Waals surface area contributed by atoms with Crippen molar-refractivity contribution in [3.8, 4) is 0 Å². The lowest BCUT2D eigenvalue weighted by Gasteiger charge is -2.39.